The maximum Gasteiger partial charge on any atom is 0.221 e. The Bertz CT molecular complexity index is 1210. The van der Waals surface area contributed by atoms with Crippen molar-refractivity contribution in [2.24, 2.45) is 10.8 Å². The molecule has 6 rings (SSSR count). The van der Waals surface area contributed by atoms with Crippen LogP contribution in [-0.2, 0) is 4.79 Å². The lowest BCUT2D eigenvalue weighted by Crippen LogP contribution is -2.57. The highest BCUT2D eigenvalue weighted by atomic mass is 19.1. The number of piperidine rings is 1. The van der Waals surface area contributed by atoms with Crippen LogP contribution in [0.1, 0.15) is 56.2 Å². The highest BCUT2D eigenvalue weighted by Gasteiger charge is 2.61. The lowest BCUT2D eigenvalue weighted by atomic mass is 9.54. The topological polar surface area (TPSA) is 41.1 Å². The molecule has 0 saturated carbocycles. The summed E-state index contributed by atoms with van der Waals surface area (Å²) in [4.78, 5) is 13.1. The highest BCUT2D eigenvalue weighted by molar-refractivity contribution is 5.84. The summed E-state index contributed by atoms with van der Waals surface area (Å²) in [7, 11) is 0. The van der Waals surface area contributed by atoms with E-state index in [0.29, 0.717) is 6.42 Å². The molecule has 4 atom stereocenters. The van der Waals surface area contributed by atoms with Crippen LogP contribution in [0.4, 0.5) is 4.39 Å². The van der Waals surface area contributed by atoms with Gasteiger partial charge in [0.1, 0.15) is 5.82 Å². The van der Waals surface area contributed by atoms with Crippen molar-refractivity contribution in [3.8, 4) is 0 Å². The Hall–Kier alpha value is -3.14. The SMILES string of the molecule is CC1(C)C=C2NC(c3ccccc3)C(c3ccc(F)cc3)C3NC(=O)CC23C2=C1CCC=C2. The third kappa shape index (κ3) is 2.96. The first kappa shape index (κ1) is 20.5. The van der Waals surface area contributed by atoms with Crippen LogP contribution in [-0.4, -0.2) is 11.9 Å². The Kier molecular flexibility index (Phi) is 4.45. The highest BCUT2D eigenvalue weighted by Crippen LogP contribution is 2.62. The maximum atomic E-state index is 13.9. The molecule has 2 aliphatic heterocycles. The van der Waals surface area contributed by atoms with E-state index in [1.165, 1.54) is 28.8 Å². The van der Waals surface area contributed by atoms with Crippen LogP contribution < -0.4 is 10.6 Å². The summed E-state index contributed by atoms with van der Waals surface area (Å²) >= 11 is 0. The summed E-state index contributed by atoms with van der Waals surface area (Å²) in [6.07, 6.45) is 9.39. The van der Waals surface area contributed by atoms with Crippen LogP contribution in [0.2, 0.25) is 0 Å². The van der Waals surface area contributed by atoms with Gasteiger partial charge in [0, 0.05) is 23.5 Å². The predicted octanol–water partition coefficient (Wildman–Crippen LogP) is 5.70. The minimum Gasteiger partial charge on any atom is -0.380 e. The fraction of sp³-hybridized carbons (Fsp3) is 0.345. The molecule has 2 aromatic carbocycles. The Balaban J connectivity index is 1.59. The molecule has 4 heteroatoms. The van der Waals surface area contributed by atoms with Crippen molar-refractivity contribution >= 4 is 5.91 Å². The van der Waals surface area contributed by atoms with Crippen LogP contribution >= 0.6 is 0 Å². The van der Waals surface area contributed by atoms with Gasteiger partial charge in [-0.25, -0.2) is 4.39 Å². The molecule has 3 nitrogen and oxygen atoms in total. The van der Waals surface area contributed by atoms with Gasteiger partial charge in [-0.1, -0.05) is 80.1 Å². The molecule has 2 aromatic rings. The van der Waals surface area contributed by atoms with E-state index in [-0.39, 0.29) is 35.1 Å². The van der Waals surface area contributed by atoms with Crippen molar-refractivity contribution in [3.05, 3.63) is 107 Å². The second-order valence-electron chi connectivity index (χ2n) is 10.4. The summed E-state index contributed by atoms with van der Waals surface area (Å²) in [5.74, 6) is -0.204. The molecule has 2 fully saturated rings. The van der Waals surface area contributed by atoms with Crippen molar-refractivity contribution in [2.75, 3.05) is 0 Å². The Morgan fingerprint density at radius 2 is 1.73 bits per heavy atom. The van der Waals surface area contributed by atoms with Gasteiger partial charge in [0.25, 0.3) is 0 Å². The van der Waals surface area contributed by atoms with Crippen molar-refractivity contribution in [1.29, 1.82) is 0 Å². The number of hydrogen-bond donors (Lipinski definition) is 2. The number of halogens is 1. The number of carbonyl (C=O) groups is 1. The van der Waals surface area contributed by atoms with E-state index < -0.39 is 5.41 Å². The van der Waals surface area contributed by atoms with Gasteiger partial charge in [0.2, 0.25) is 5.91 Å². The minimum absolute atomic E-state index is 0.0371. The molecule has 1 spiro atoms. The molecular weight excluding hydrogens is 411 g/mol. The lowest BCUT2D eigenvalue weighted by molar-refractivity contribution is -0.119. The van der Waals surface area contributed by atoms with Crippen molar-refractivity contribution < 1.29 is 9.18 Å². The molecule has 0 aromatic heterocycles. The third-order valence-electron chi connectivity index (χ3n) is 8.14. The van der Waals surface area contributed by atoms with Gasteiger partial charge in [-0.3, -0.25) is 4.79 Å². The number of carbonyl (C=O) groups excluding carboxylic acids is 1. The third-order valence-corrected chi connectivity index (χ3v) is 8.14. The summed E-state index contributed by atoms with van der Waals surface area (Å²) in [6, 6.07) is 17.1. The van der Waals surface area contributed by atoms with Gasteiger partial charge >= 0.3 is 0 Å². The fourth-order valence-corrected chi connectivity index (χ4v) is 6.75. The molecule has 0 radical (unpaired) electrons. The molecule has 2 saturated heterocycles. The van der Waals surface area contributed by atoms with Gasteiger partial charge in [-0.2, -0.15) is 0 Å². The van der Waals surface area contributed by atoms with Crippen LogP contribution in [0, 0.1) is 16.6 Å². The number of benzene rings is 2. The van der Waals surface area contributed by atoms with E-state index in [0.717, 1.165) is 24.1 Å². The van der Waals surface area contributed by atoms with E-state index in [2.05, 4.69) is 67.0 Å². The second kappa shape index (κ2) is 7.18. The van der Waals surface area contributed by atoms with Crippen molar-refractivity contribution in [2.45, 2.75) is 51.1 Å². The smallest absolute Gasteiger partial charge is 0.221 e. The van der Waals surface area contributed by atoms with Gasteiger partial charge in [0.15, 0.2) is 0 Å². The number of rotatable bonds is 2. The molecule has 4 aliphatic rings. The first-order valence-electron chi connectivity index (χ1n) is 11.9. The molecule has 2 heterocycles. The number of nitrogens with one attached hydrogen (secondary N) is 2. The largest absolute Gasteiger partial charge is 0.380 e. The van der Waals surface area contributed by atoms with E-state index in [4.69, 9.17) is 0 Å². The summed E-state index contributed by atoms with van der Waals surface area (Å²) in [6.45, 7) is 4.57. The lowest BCUT2D eigenvalue weighted by Gasteiger charge is -2.55. The van der Waals surface area contributed by atoms with Crippen molar-refractivity contribution in [1.82, 2.24) is 10.6 Å². The first-order chi connectivity index (χ1) is 15.9. The molecule has 2 aliphatic carbocycles. The number of allylic oxidation sites excluding steroid dienone is 4. The predicted molar refractivity (Wildman–Crippen MR) is 128 cm³/mol. The zero-order valence-electron chi connectivity index (χ0n) is 19.1. The van der Waals surface area contributed by atoms with E-state index >= 15 is 0 Å². The van der Waals surface area contributed by atoms with Gasteiger partial charge in [0.05, 0.1) is 17.5 Å². The average Bonchev–Trinajstić information content (AvgIpc) is 3.17. The summed E-state index contributed by atoms with van der Waals surface area (Å²) < 4.78 is 13.9. The zero-order chi connectivity index (χ0) is 22.8. The van der Waals surface area contributed by atoms with Gasteiger partial charge in [-0.05, 0) is 41.7 Å². The molecule has 0 bridgehead atoms. The Morgan fingerprint density at radius 3 is 2.48 bits per heavy atom. The summed E-state index contributed by atoms with van der Waals surface area (Å²) in [5, 5.41) is 7.30. The molecule has 168 valence electrons. The van der Waals surface area contributed by atoms with E-state index in [9.17, 15) is 9.18 Å². The van der Waals surface area contributed by atoms with Gasteiger partial charge in [-0.15, -0.1) is 0 Å². The normalized spacial score (nSPS) is 31.7. The Morgan fingerprint density at radius 1 is 0.970 bits per heavy atom. The number of amides is 1. The minimum atomic E-state index is -0.427. The summed E-state index contributed by atoms with van der Waals surface area (Å²) in [5.41, 5.74) is 5.58. The molecule has 1 amide bonds. The fourth-order valence-electron chi connectivity index (χ4n) is 6.75. The molecule has 33 heavy (non-hydrogen) atoms. The van der Waals surface area contributed by atoms with Crippen LogP contribution in [0.25, 0.3) is 0 Å². The standard InChI is InChI=1S/C29H29FN2O/c1-28(2)16-23-29(22-11-7-6-10-21(22)28)17-24(33)32-27(29)25(18-12-14-20(30)15-13-18)26(31-23)19-8-4-3-5-9-19/h3-5,7-9,11-16,25-27,31H,6,10,17H2,1-2H3,(H,32,33). The Labute approximate surface area is 194 Å². The van der Waals surface area contributed by atoms with E-state index in [1.807, 2.05) is 18.2 Å². The first-order valence-corrected chi connectivity index (χ1v) is 11.9. The molecule has 4 unspecified atom stereocenters. The van der Waals surface area contributed by atoms with Crippen LogP contribution in [0.15, 0.2) is 89.7 Å². The molecule has 2 N–H and O–H groups in total. The average molecular weight is 441 g/mol. The van der Waals surface area contributed by atoms with E-state index in [1.54, 1.807) is 0 Å². The second-order valence-corrected chi connectivity index (χ2v) is 10.4. The monoisotopic (exact) mass is 440 g/mol. The zero-order valence-corrected chi connectivity index (χ0v) is 19.1. The van der Waals surface area contributed by atoms with Crippen molar-refractivity contribution in [3.63, 3.8) is 0 Å². The quantitative estimate of drug-likeness (QED) is 0.629. The van der Waals surface area contributed by atoms with Crippen LogP contribution in [0.3, 0.4) is 0 Å². The van der Waals surface area contributed by atoms with Gasteiger partial charge < -0.3 is 10.6 Å². The number of hydrogen-bond acceptors (Lipinski definition) is 2. The maximum absolute atomic E-state index is 13.9. The van der Waals surface area contributed by atoms with Crippen LogP contribution in [0.5, 0.6) is 0 Å². The molecular formula is C29H29FN2O.